The first kappa shape index (κ1) is 17.0. The van der Waals surface area contributed by atoms with E-state index in [0.717, 1.165) is 18.6 Å². The third kappa shape index (κ3) is 3.34. The molecular weight excluding hydrogens is 308 g/mol. The molecule has 0 spiro atoms. The van der Waals surface area contributed by atoms with E-state index in [1.54, 1.807) is 4.90 Å². The molecule has 1 aromatic rings. The average Bonchev–Trinajstić information content (AvgIpc) is 3.23. The second kappa shape index (κ2) is 6.97. The Morgan fingerprint density at radius 3 is 2.38 bits per heavy atom. The fourth-order valence-electron chi connectivity index (χ4n) is 3.28. The zero-order valence-electron chi connectivity index (χ0n) is 14.7. The van der Waals surface area contributed by atoms with Crippen LogP contribution in [0.4, 0.5) is 0 Å². The number of hydrogen-bond acceptors (Lipinski definition) is 4. The van der Waals surface area contributed by atoms with Gasteiger partial charge in [-0.15, -0.1) is 0 Å². The van der Waals surface area contributed by atoms with Crippen LogP contribution in [0.3, 0.4) is 0 Å². The Balaban J connectivity index is 1.60. The molecule has 6 nitrogen and oxygen atoms in total. The number of piperazine rings is 1. The maximum atomic E-state index is 12.7. The molecule has 0 saturated carbocycles. The lowest BCUT2D eigenvalue weighted by Crippen LogP contribution is -2.52. The Morgan fingerprint density at radius 1 is 1.17 bits per heavy atom. The summed E-state index contributed by atoms with van der Waals surface area (Å²) in [5.74, 6) is 1.82. The summed E-state index contributed by atoms with van der Waals surface area (Å²) in [6, 6.07) is 1.85. The van der Waals surface area contributed by atoms with Crippen LogP contribution >= 0.6 is 0 Å². The lowest BCUT2D eigenvalue weighted by molar-refractivity contribution is -0.142. The van der Waals surface area contributed by atoms with Gasteiger partial charge in [-0.3, -0.25) is 9.59 Å². The van der Waals surface area contributed by atoms with Crippen LogP contribution < -0.4 is 0 Å². The molecule has 1 aromatic heterocycles. The topological polar surface area (TPSA) is 63.0 Å². The van der Waals surface area contributed by atoms with Crippen molar-refractivity contribution in [1.82, 2.24) is 9.80 Å². The van der Waals surface area contributed by atoms with Crippen molar-refractivity contribution in [3.8, 4) is 0 Å². The summed E-state index contributed by atoms with van der Waals surface area (Å²) in [6.07, 6.45) is 1.48. The van der Waals surface area contributed by atoms with Gasteiger partial charge in [-0.1, -0.05) is 13.8 Å². The highest BCUT2D eigenvalue weighted by Gasteiger charge is 2.32. The molecule has 3 rings (SSSR count). The van der Waals surface area contributed by atoms with E-state index in [0.29, 0.717) is 44.1 Å². The van der Waals surface area contributed by atoms with Crippen LogP contribution in [0.25, 0.3) is 0 Å². The second-order valence-corrected chi connectivity index (χ2v) is 6.89. The minimum absolute atomic E-state index is 0.00707. The van der Waals surface area contributed by atoms with Crippen LogP contribution in [0.1, 0.15) is 54.5 Å². The number of carbonyl (C=O) groups is 2. The van der Waals surface area contributed by atoms with Gasteiger partial charge in [0, 0.05) is 38.7 Å². The van der Waals surface area contributed by atoms with Gasteiger partial charge in [-0.25, -0.2) is 0 Å². The van der Waals surface area contributed by atoms with Gasteiger partial charge in [0.05, 0.1) is 5.56 Å². The van der Waals surface area contributed by atoms with Crippen molar-refractivity contribution in [2.75, 3.05) is 32.8 Å². The van der Waals surface area contributed by atoms with E-state index in [1.165, 1.54) is 0 Å². The van der Waals surface area contributed by atoms with Crippen molar-refractivity contribution >= 4 is 11.8 Å². The Morgan fingerprint density at radius 2 is 1.83 bits per heavy atom. The van der Waals surface area contributed by atoms with E-state index < -0.39 is 0 Å². The first-order valence-corrected chi connectivity index (χ1v) is 8.77. The summed E-state index contributed by atoms with van der Waals surface area (Å²) >= 11 is 0. The summed E-state index contributed by atoms with van der Waals surface area (Å²) < 4.78 is 11.2. The van der Waals surface area contributed by atoms with Crippen LogP contribution in [-0.2, 0) is 9.53 Å². The Hall–Kier alpha value is -1.82. The molecule has 2 fully saturated rings. The molecule has 0 aromatic carbocycles. The highest BCUT2D eigenvalue weighted by molar-refractivity contribution is 5.95. The van der Waals surface area contributed by atoms with Gasteiger partial charge in [0.2, 0.25) is 0 Å². The number of nitrogens with zero attached hydrogens (tertiary/aromatic N) is 2. The predicted octanol–water partition coefficient (Wildman–Crippen LogP) is 2.17. The molecule has 2 saturated heterocycles. The number of furan rings is 1. The zero-order chi connectivity index (χ0) is 17.3. The molecule has 2 amide bonds. The predicted molar refractivity (Wildman–Crippen MR) is 89.0 cm³/mol. The fraction of sp³-hybridized carbons (Fsp3) is 0.667. The molecule has 0 aliphatic carbocycles. The van der Waals surface area contributed by atoms with Crippen LogP contribution in [0.5, 0.6) is 0 Å². The first-order valence-electron chi connectivity index (χ1n) is 8.77. The first-order chi connectivity index (χ1) is 11.5. The van der Waals surface area contributed by atoms with Crippen molar-refractivity contribution in [3.63, 3.8) is 0 Å². The van der Waals surface area contributed by atoms with E-state index in [4.69, 9.17) is 9.15 Å². The second-order valence-electron chi connectivity index (χ2n) is 6.89. The molecule has 24 heavy (non-hydrogen) atoms. The minimum Gasteiger partial charge on any atom is -0.465 e. The molecule has 3 heterocycles. The highest BCUT2D eigenvalue weighted by Crippen LogP contribution is 2.23. The van der Waals surface area contributed by atoms with E-state index in [2.05, 4.69) is 0 Å². The Kier molecular flexibility index (Phi) is 4.94. The van der Waals surface area contributed by atoms with Crippen LogP contribution in [0, 0.1) is 6.92 Å². The molecule has 2 aliphatic rings. The van der Waals surface area contributed by atoms with Crippen molar-refractivity contribution < 1.29 is 18.7 Å². The molecule has 1 atom stereocenters. The van der Waals surface area contributed by atoms with E-state index in [9.17, 15) is 9.59 Å². The molecular formula is C18H26N2O4. The summed E-state index contributed by atoms with van der Waals surface area (Å²) in [6.45, 7) is 8.84. The van der Waals surface area contributed by atoms with Gasteiger partial charge in [-0.05, 0) is 25.8 Å². The van der Waals surface area contributed by atoms with E-state index in [1.807, 2.05) is 31.7 Å². The summed E-state index contributed by atoms with van der Waals surface area (Å²) in [5.41, 5.74) is 0.637. The molecule has 132 valence electrons. The van der Waals surface area contributed by atoms with Gasteiger partial charge in [0.1, 0.15) is 17.6 Å². The van der Waals surface area contributed by atoms with Crippen LogP contribution in [0.15, 0.2) is 10.5 Å². The summed E-state index contributed by atoms with van der Waals surface area (Å²) in [5, 5.41) is 0. The maximum Gasteiger partial charge on any atom is 0.257 e. The largest absolute Gasteiger partial charge is 0.465 e. The SMILES string of the molecule is Cc1oc(C(C)C)cc1C(=O)N1CCN(C(=O)C2CCCO2)CC1. The molecule has 0 radical (unpaired) electrons. The van der Waals surface area contributed by atoms with Crippen LogP contribution in [0.2, 0.25) is 0 Å². The van der Waals surface area contributed by atoms with Crippen molar-refractivity contribution in [2.24, 2.45) is 0 Å². The summed E-state index contributed by atoms with van der Waals surface area (Å²) in [4.78, 5) is 28.7. The van der Waals surface area contributed by atoms with Gasteiger partial charge in [-0.2, -0.15) is 0 Å². The lowest BCUT2D eigenvalue weighted by atomic mass is 10.1. The van der Waals surface area contributed by atoms with Gasteiger partial charge in [0.15, 0.2) is 0 Å². The minimum atomic E-state index is -0.281. The standard InChI is InChI=1S/C18H26N2O4/c1-12(2)16-11-14(13(3)24-16)17(21)19-6-8-20(9-7-19)18(22)15-5-4-10-23-15/h11-12,15H,4-10H2,1-3H3. The lowest BCUT2D eigenvalue weighted by Gasteiger charge is -2.35. The molecule has 0 N–H and O–H groups in total. The number of ether oxygens (including phenoxy) is 1. The third-order valence-electron chi connectivity index (χ3n) is 4.82. The number of carbonyl (C=O) groups excluding carboxylic acids is 2. The molecule has 2 aliphatic heterocycles. The van der Waals surface area contributed by atoms with Crippen molar-refractivity contribution in [2.45, 2.75) is 45.6 Å². The number of aryl methyl sites for hydroxylation is 1. The Labute approximate surface area is 142 Å². The average molecular weight is 334 g/mol. The maximum absolute atomic E-state index is 12.7. The molecule has 1 unspecified atom stereocenters. The smallest absolute Gasteiger partial charge is 0.257 e. The number of hydrogen-bond donors (Lipinski definition) is 0. The zero-order valence-corrected chi connectivity index (χ0v) is 14.7. The fourth-order valence-corrected chi connectivity index (χ4v) is 3.28. The quantitative estimate of drug-likeness (QED) is 0.850. The molecule has 6 heteroatoms. The van der Waals surface area contributed by atoms with Crippen molar-refractivity contribution in [3.05, 3.63) is 23.2 Å². The Bertz CT molecular complexity index is 609. The monoisotopic (exact) mass is 334 g/mol. The van der Waals surface area contributed by atoms with Crippen LogP contribution in [-0.4, -0.2) is 60.5 Å². The van der Waals surface area contributed by atoms with Gasteiger partial charge < -0.3 is 19.0 Å². The highest BCUT2D eigenvalue weighted by atomic mass is 16.5. The van der Waals surface area contributed by atoms with Gasteiger partial charge >= 0.3 is 0 Å². The van der Waals surface area contributed by atoms with E-state index in [-0.39, 0.29) is 23.8 Å². The van der Waals surface area contributed by atoms with Gasteiger partial charge in [0.25, 0.3) is 11.8 Å². The normalized spacial score (nSPS) is 21.6. The van der Waals surface area contributed by atoms with Crippen molar-refractivity contribution in [1.29, 1.82) is 0 Å². The van der Waals surface area contributed by atoms with E-state index >= 15 is 0 Å². The number of rotatable bonds is 3. The number of amides is 2. The third-order valence-corrected chi connectivity index (χ3v) is 4.82. The summed E-state index contributed by atoms with van der Waals surface area (Å²) in [7, 11) is 0. The molecule has 0 bridgehead atoms.